The second kappa shape index (κ2) is 6.66. The maximum Gasteiger partial charge on any atom is 0.253 e. The first-order valence-electron chi connectivity index (χ1n) is 5.68. The van der Waals surface area contributed by atoms with Crippen LogP contribution >= 0.6 is 15.9 Å². The van der Waals surface area contributed by atoms with Crippen LogP contribution in [-0.2, 0) is 9.53 Å². The number of amides is 1. The lowest BCUT2D eigenvalue weighted by atomic mass is 10.1. The van der Waals surface area contributed by atoms with Gasteiger partial charge in [-0.25, -0.2) is 0 Å². The van der Waals surface area contributed by atoms with Crippen LogP contribution in [0.3, 0.4) is 0 Å². The van der Waals surface area contributed by atoms with Gasteiger partial charge in [-0.05, 0) is 39.0 Å². The average molecular weight is 314 g/mol. The fraction of sp³-hybridized carbons (Fsp3) is 0.385. The lowest BCUT2D eigenvalue weighted by Gasteiger charge is -2.14. The van der Waals surface area contributed by atoms with Crippen LogP contribution in [0.25, 0.3) is 0 Å². The van der Waals surface area contributed by atoms with Crippen LogP contribution in [0.5, 0.6) is 0 Å². The van der Waals surface area contributed by atoms with Gasteiger partial charge in [0.1, 0.15) is 6.10 Å². The molecule has 5 heteroatoms. The standard InChI is InChI=1S/C13H16BrNO3/c1-4-18-9(3)13(17)15-12-6-5-10(14)7-11(12)8(2)16/h5-7,9H,4H2,1-3H3,(H,15,17)/t9-/m0/s1. The van der Waals surface area contributed by atoms with E-state index in [9.17, 15) is 9.59 Å². The highest BCUT2D eigenvalue weighted by Gasteiger charge is 2.16. The number of ketones is 1. The van der Waals surface area contributed by atoms with Gasteiger partial charge in [-0.2, -0.15) is 0 Å². The highest BCUT2D eigenvalue weighted by molar-refractivity contribution is 9.10. The van der Waals surface area contributed by atoms with Gasteiger partial charge in [-0.15, -0.1) is 0 Å². The first-order chi connectivity index (χ1) is 8.45. The molecule has 1 atom stereocenters. The van der Waals surface area contributed by atoms with E-state index in [-0.39, 0.29) is 11.7 Å². The topological polar surface area (TPSA) is 55.4 Å². The van der Waals surface area contributed by atoms with Crippen molar-refractivity contribution in [2.45, 2.75) is 26.9 Å². The molecular weight excluding hydrogens is 298 g/mol. The van der Waals surface area contributed by atoms with Crippen molar-refractivity contribution in [3.8, 4) is 0 Å². The number of rotatable bonds is 5. The molecule has 0 aromatic heterocycles. The molecular formula is C13H16BrNO3. The predicted octanol–water partition coefficient (Wildman–Crippen LogP) is 3.02. The van der Waals surface area contributed by atoms with Gasteiger partial charge in [0.25, 0.3) is 5.91 Å². The second-order valence-electron chi connectivity index (χ2n) is 3.83. The average Bonchev–Trinajstić information content (AvgIpc) is 2.31. The number of halogens is 1. The van der Waals surface area contributed by atoms with Crippen molar-refractivity contribution < 1.29 is 14.3 Å². The zero-order chi connectivity index (χ0) is 13.7. The molecule has 0 radical (unpaired) electrons. The highest BCUT2D eigenvalue weighted by Crippen LogP contribution is 2.21. The fourth-order valence-electron chi connectivity index (χ4n) is 1.48. The summed E-state index contributed by atoms with van der Waals surface area (Å²) >= 11 is 3.30. The molecule has 0 aliphatic heterocycles. The first-order valence-corrected chi connectivity index (χ1v) is 6.48. The minimum absolute atomic E-state index is 0.101. The molecule has 18 heavy (non-hydrogen) atoms. The predicted molar refractivity (Wildman–Crippen MR) is 73.9 cm³/mol. The Morgan fingerprint density at radius 1 is 1.44 bits per heavy atom. The van der Waals surface area contributed by atoms with Crippen LogP contribution in [-0.4, -0.2) is 24.4 Å². The third-order valence-corrected chi connectivity index (χ3v) is 2.90. The van der Waals surface area contributed by atoms with Crippen LogP contribution in [0, 0.1) is 0 Å². The van der Waals surface area contributed by atoms with Gasteiger partial charge < -0.3 is 10.1 Å². The summed E-state index contributed by atoms with van der Waals surface area (Å²) in [4.78, 5) is 23.3. The Morgan fingerprint density at radius 2 is 2.11 bits per heavy atom. The summed E-state index contributed by atoms with van der Waals surface area (Å²) in [7, 11) is 0. The Morgan fingerprint density at radius 3 is 2.67 bits per heavy atom. The van der Waals surface area contributed by atoms with E-state index >= 15 is 0 Å². The van der Waals surface area contributed by atoms with E-state index in [2.05, 4.69) is 21.2 Å². The zero-order valence-corrected chi connectivity index (χ0v) is 12.2. The summed E-state index contributed by atoms with van der Waals surface area (Å²) in [5, 5.41) is 2.70. The summed E-state index contributed by atoms with van der Waals surface area (Å²) in [5.41, 5.74) is 0.976. The Balaban J connectivity index is 2.90. The van der Waals surface area contributed by atoms with Gasteiger partial charge in [0.05, 0.1) is 5.69 Å². The van der Waals surface area contributed by atoms with E-state index in [1.807, 2.05) is 6.92 Å². The molecule has 0 spiro atoms. The number of benzene rings is 1. The number of carbonyl (C=O) groups excluding carboxylic acids is 2. The SMILES string of the molecule is CCO[C@@H](C)C(=O)Nc1ccc(Br)cc1C(C)=O. The van der Waals surface area contributed by atoms with Gasteiger partial charge in [0.2, 0.25) is 0 Å². The summed E-state index contributed by atoms with van der Waals surface area (Å²) in [5.74, 6) is -0.364. The van der Waals surface area contributed by atoms with Crippen molar-refractivity contribution in [1.82, 2.24) is 0 Å². The summed E-state index contributed by atoms with van der Waals surface area (Å²) in [6.45, 7) is 5.42. The van der Waals surface area contributed by atoms with E-state index in [0.717, 1.165) is 4.47 Å². The van der Waals surface area contributed by atoms with Crippen LogP contribution in [0.4, 0.5) is 5.69 Å². The monoisotopic (exact) mass is 313 g/mol. The fourth-order valence-corrected chi connectivity index (χ4v) is 1.84. The summed E-state index contributed by atoms with van der Waals surface area (Å²) in [6.07, 6.45) is -0.543. The molecule has 0 fully saturated rings. The van der Waals surface area contributed by atoms with Crippen molar-refractivity contribution in [1.29, 1.82) is 0 Å². The Kier molecular flexibility index (Phi) is 5.50. The quantitative estimate of drug-likeness (QED) is 0.850. The van der Waals surface area contributed by atoms with Gasteiger partial charge in [0.15, 0.2) is 5.78 Å². The van der Waals surface area contributed by atoms with E-state index in [0.29, 0.717) is 17.9 Å². The van der Waals surface area contributed by atoms with E-state index in [1.165, 1.54) is 6.92 Å². The molecule has 1 amide bonds. The minimum atomic E-state index is -0.543. The van der Waals surface area contributed by atoms with E-state index in [4.69, 9.17) is 4.74 Å². The van der Waals surface area contributed by atoms with Gasteiger partial charge in [0, 0.05) is 16.6 Å². The zero-order valence-electron chi connectivity index (χ0n) is 10.6. The maximum atomic E-state index is 11.8. The number of carbonyl (C=O) groups is 2. The molecule has 98 valence electrons. The van der Waals surface area contributed by atoms with E-state index < -0.39 is 6.10 Å². The van der Waals surface area contributed by atoms with Crippen molar-refractivity contribution in [3.05, 3.63) is 28.2 Å². The number of nitrogens with one attached hydrogen (secondary N) is 1. The summed E-state index contributed by atoms with van der Waals surface area (Å²) in [6, 6.07) is 5.15. The molecule has 1 rings (SSSR count). The Hall–Kier alpha value is -1.20. The van der Waals surface area contributed by atoms with Crippen molar-refractivity contribution in [3.63, 3.8) is 0 Å². The normalized spacial score (nSPS) is 12.0. The molecule has 0 bridgehead atoms. The maximum absolute atomic E-state index is 11.8. The number of Topliss-reactive ketones (excluding diaryl/α,β-unsaturated/α-hetero) is 1. The minimum Gasteiger partial charge on any atom is -0.369 e. The molecule has 1 aromatic rings. The number of ether oxygens (including phenoxy) is 1. The molecule has 0 aliphatic carbocycles. The third kappa shape index (κ3) is 3.92. The molecule has 1 N–H and O–H groups in total. The second-order valence-corrected chi connectivity index (χ2v) is 4.75. The van der Waals surface area contributed by atoms with Crippen LogP contribution in [0.1, 0.15) is 31.1 Å². The summed E-state index contributed by atoms with van der Waals surface area (Å²) < 4.78 is 5.99. The Bertz CT molecular complexity index is 460. The van der Waals surface area contributed by atoms with Crippen LogP contribution in [0.2, 0.25) is 0 Å². The molecule has 0 saturated carbocycles. The third-order valence-electron chi connectivity index (χ3n) is 2.40. The molecule has 0 unspecified atom stereocenters. The number of hydrogen-bond donors (Lipinski definition) is 1. The van der Waals surface area contributed by atoms with Crippen molar-refractivity contribution in [2.75, 3.05) is 11.9 Å². The number of hydrogen-bond acceptors (Lipinski definition) is 3. The number of anilines is 1. The first kappa shape index (κ1) is 14.9. The van der Waals surface area contributed by atoms with Crippen molar-refractivity contribution in [2.24, 2.45) is 0 Å². The lowest BCUT2D eigenvalue weighted by molar-refractivity contribution is -0.126. The van der Waals surface area contributed by atoms with Gasteiger partial charge in [-0.3, -0.25) is 9.59 Å². The van der Waals surface area contributed by atoms with Crippen molar-refractivity contribution >= 4 is 33.3 Å². The van der Waals surface area contributed by atoms with Gasteiger partial charge in [-0.1, -0.05) is 15.9 Å². The highest BCUT2D eigenvalue weighted by atomic mass is 79.9. The molecule has 1 aromatic carbocycles. The molecule has 0 heterocycles. The van der Waals surface area contributed by atoms with Crippen LogP contribution < -0.4 is 5.32 Å². The largest absolute Gasteiger partial charge is 0.369 e. The van der Waals surface area contributed by atoms with Crippen LogP contribution in [0.15, 0.2) is 22.7 Å². The van der Waals surface area contributed by atoms with Gasteiger partial charge >= 0.3 is 0 Å². The lowest BCUT2D eigenvalue weighted by Crippen LogP contribution is -2.28. The molecule has 0 aliphatic rings. The molecule has 0 saturated heterocycles. The smallest absolute Gasteiger partial charge is 0.253 e. The Labute approximate surface area is 115 Å². The molecule has 4 nitrogen and oxygen atoms in total. The van der Waals surface area contributed by atoms with E-state index in [1.54, 1.807) is 25.1 Å².